The van der Waals surface area contributed by atoms with E-state index in [1.807, 2.05) is 0 Å². The number of fused-ring (bicyclic) bond motifs is 1. The number of nitrogens with two attached hydrogens (primary N) is 1. The Morgan fingerprint density at radius 2 is 2.12 bits per heavy atom. The van der Waals surface area contributed by atoms with Crippen molar-refractivity contribution in [1.82, 2.24) is 5.16 Å². The largest absolute Gasteiger partial charge is 0.418 e. The van der Waals surface area contributed by atoms with Gasteiger partial charge in [-0.05, 0) is 19.1 Å². The zero-order chi connectivity index (χ0) is 12.6. The van der Waals surface area contributed by atoms with Gasteiger partial charge in [0.05, 0.1) is 5.56 Å². The smallest absolute Gasteiger partial charge is 0.360 e. The van der Waals surface area contributed by atoms with Gasteiger partial charge in [0, 0.05) is 17.8 Å². The molecular formula is C11H11F3N2O. The fraction of sp³-hybridized carbons (Fsp3) is 0.364. The molecule has 3 nitrogen and oxygen atoms in total. The van der Waals surface area contributed by atoms with Gasteiger partial charge in [0.15, 0.2) is 0 Å². The normalized spacial score (nSPS) is 14.2. The molecule has 1 unspecified atom stereocenters. The second-order valence-corrected chi connectivity index (χ2v) is 3.99. The van der Waals surface area contributed by atoms with Gasteiger partial charge >= 0.3 is 6.18 Å². The Labute approximate surface area is 95.4 Å². The second kappa shape index (κ2) is 4.03. The van der Waals surface area contributed by atoms with Crippen LogP contribution in [-0.4, -0.2) is 11.2 Å². The van der Waals surface area contributed by atoms with Gasteiger partial charge in [-0.1, -0.05) is 11.2 Å². The van der Waals surface area contributed by atoms with E-state index in [-0.39, 0.29) is 11.6 Å². The summed E-state index contributed by atoms with van der Waals surface area (Å²) in [5, 5.41) is 3.86. The summed E-state index contributed by atoms with van der Waals surface area (Å²) in [6, 6.07) is 3.69. The minimum Gasteiger partial charge on any atom is -0.360 e. The maximum absolute atomic E-state index is 12.7. The average Bonchev–Trinajstić information content (AvgIpc) is 2.59. The van der Waals surface area contributed by atoms with E-state index >= 15 is 0 Å². The van der Waals surface area contributed by atoms with E-state index in [1.165, 1.54) is 6.07 Å². The molecule has 0 aliphatic rings. The van der Waals surface area contributed by atoms with E-state index in [9.17, 15) is 13.2 Å². The van der Waals surface area contributed by atoms with Crippen LogP contribution >= 0.6 is 0 Å². The molecule has 1 aromatic carbocycles. The van der Waals surface area contributed by atoms with Crippen LogP contribution in [0.15, 0.2) is 22.7 Å². The molecule has 0 amide bonds. The quantitative estimate of drug-likeness (QED) is 0.883. The Hall–Kier alpha value is -1.56. The third kappa shape index (κ3) is 2.26. The summed E-state index contributed by atoms with van der Waals surface area (Å²) in [5.74, 6) is 0.390. The third-order valence-corrected chi connectivity index (χ3v) is 2.40. The maximum atomic E-state index is 12.7. The number of hydrogen-bond acceptors (Lipinski definition) is 3. The highest BCUT2D eigenvalue weighted by Gasteiger charge is 2.34. The fourth-order valence-electron chi connectivity index (χ4n) is 1.69. The van der Waals surface area contributed by atoms with Crippen LogP contribution in [0.1, 0.15) is 18.2 Å². The molecule has 2 rings (SSSR count). The van der Waals surface area contributed by atoms with Crippen LogP contribution < -0.4 is 5.73 Å². The summed E-state index contributed by atoms with van der Waals surface area (Å²) < 4.78 is 43.0. The van der Waals surface area contributed by atoms with Crippen LogP contribution in [0.5, 0.6) is 0 Å². The molecule has 0 aliphatic carbocycles. The summed E-state index contributed by atoms with van der Waals surface area (Å²) in [4.78, 5) is 0. The van der Waals surface area contributed by atoms with Gasteiger partial charge in [0.1, 0.15) is 11.3 Å². The van der Waals surface area contributed by atoms with Crippen LogP contribution in [-0.2, 0) is 12.6 Å². The molecule has 0 saturated heterocycles. The van der Waals surface area contributed by atoms with Crippen LogP contribution in [0.2, 0.25) is 0 Å². The van der Waals surface area contributed by atoms with Crippen LogP contribution in [0.3, 0.4) is 0 Å². The predicted molar refractivity (Wildman–Crippen MR) is 56.4 cm³/mol. The SMILES string of the molecule is CC(N)Cc1onc2c(C(F)(F)F)cccc12. The number of hydrogen-bond donors (Lipinski definition) is 1. The molecule has 92 valence electrons. The Kier molecular flexibility index (Phi) is 2.82. The Morgan fingerprint density at radius 3 is 2.71 bits per heavy atom. The lowest BCUT2D eigenvalue weighted by atomic mass is 10.1. The molecule has 0 saturated carbocycles. The van der Waals surface area contributed by atoms with E-state index in [2.05, 4.69) is 5.16 Å². The molecule has 2 N–H and O–H groups in total. The molecule has 2 aromatic rings. The Bertz CT molecular complexity index is 531. The lowest BCUT2D eigenvalue weighted by Crippen LogP contribution is -2.17. The van der Waals surface area contributed by atoms with E-state index in [1.54, 1.807) is 13.0 Å². The Balaban J connectivity index is 2.57. The molecule has 17 heavy (non-hydrogen) atoms. The van der Waals surface area contributed by atoms with Crippen LogP contribution in [0, 0.1) is 0 Å². The number of halogens is 3. The average molecular weight is 244 g/mol. The van der Waals surface area contributed by atoms with Gasteiger partial charge in [-0.3, -0.25) is 0 Å². The van der Waals surface area contributed by atoms with Gasteiger partial charge in [-0.2, -0.15) is 13.2 Å². The first-order valence-corrected chi connectivity index (χ1v) is 5.09. The highest BCUT2D eigenvalue weighted by Crippen LogP contribution is 2.35. The molecule has 0 aliphatic heterocycles. The molecule has 0 fully saturated rings. The first kappa shape index (κ1) is 11.9. The molecule has 0 radical (unpaired) electrons. The highest BCUT2D eigenvalue weighted by atomic mass is 19.4. The van der Waals surface area contributed by atoms with E-state index in [0.29, 0.717) is 17.6 Å². The van der Waals surface area contributed by atoms with Crippen LogP contribution in [0.25, 0.3) is 10.9 Å². The first-order valence-electron chi connectivity index (χ1n) is 5.09. The van der Waals surface area contributed by atoms with Gasteiger partial charge < -0.3 is 10.3 Å². The maximum Gasteiger partial charge on any atom is 0.418 e. The third-order valence-electron chi connectivity index (χ3n) is 2.40. The van der Waals surface area contributed by atoms with E-state index in [0.717, 1.165) is 6.07 Å². The lowest BCUT2D eigenvalue weighted by Gasteiger charge is -2.06. The zero-order valence-electron chi connectivity index (χ0n) is 9.08. The molecule has 1 heterocycles. The molecule has 1 atom stereocenters. The fourth-order valence-corrected chi connectivity index (χ4v) is 1.69. The summed E-state index contributed by atoms with van der Waals surface area (Å²) in [7, 11) is 0. The van der Waals surface area contributed by atoms with Crippen molar-refractivity contribution in [2.45, 2.75) is 25.6 Å². The van der Waals surface area contributed by atoms with E-state index in [4.69, 9.17) is 10.3 Å². The van der Waals surface area contributed by atoms with Crippen molar-refractivity contribution in [3.63, 3.8) is 0 Å². The number of nitrogens with zero attached hydrogens (tertiary/aromatic N) is 1. The van der Waals surface area contributed by atoms with Crippen LogP contribution in [0.4, 0.5) is 13.2 Å². The standard InChI is InChI=1S/C11H11F3N2O/c1-6(15)5-9-7-3-2-4-8(11(12,13)14)10(7)16-17-9/h2-4,6H,5,15H2,1H3. The van der Waals surface area contributed by atoms with Crippen molar-refractivity contribution in [2.75, 3.05) is 0 Å². The van der Waals surface area contributed by atoms with Gasteiger partial charge in [-0.25, -0.2) is 0 Å². The second-order valence-electron chi connectivity index (χ2n) is 3.99. The van der Waals surface area contributed by atoms with Crippen molar-refractivity contribution < 1.29 is 17.7 Å². The van der Waals surface area contributed by atoms with E-state index < -0.39 is 11.7 Å². The summed E-state index contributed by atoms with van der Waals surface area (Å²) >= 11 is 0. The Morgan fingerprint density at radius 1 is 1.41 bits per heavy atom. The zero-order valence-corrected chi connectivity index (χ0v) is 9.08. The number of aromatic nitrogens is 1. The number of alkyl halides is 3. The van der Waals surface area contributed by atoms with Gasteiger partial charge in [0.2, 0.25) is 0 Å². The topological polar surface area (TPSA) is 52.0 Å². The summed E-state index contributed by atoms with van der Waals surface area (Å²) in [5.41, 5.74) is 4.65. The molecule has 0 bridgehead atoms. The van der Waals surface area contributed by atoms with Gasteiger partial charge in [-0.15, -0.1) is 0 Å². The van der Waals surface area contributed by atoms with Crippen molar-refractivity contribution >= 4 is 10.9 Å². The van der Waals surface area contributed by atoms with Crippen molar-refractivity contribution in [3.05, 3.63) is 29.5 Å². The first-order chi connectivity index (χ1) is 7.89. The lowest BCUT2D eigenvalue weighted by molar-refractivity contribution is -0.136. The van der Waals surface area contributed by atoms with Crippen molar-refractivity contribution in [3.8, 4) is 0 Å². The molecule has 6 heteroatoms. The highest BCUT2D eigenvalue weighted by molar-refractivity contribution is 5.84. The summed E-state index contributed by atoms with van der Waals surface area (Å²) in [6.45, 7) is 1.75. The minimum atomic E-state index is -4.43. The monoisotopic (exact) mass is 244 g/mol. The minimum absolute atomic E-state index is 0.157. The number of benzene rings is 1. The van der Waals surface area contributed by atoms with Crippen molar-refractivity contribution in [2.24, 2.45) is 5.73 Å². The summed E-state index contributed by atoms with van der Waals surface area (Å²) in [6.07, 6.45) is -4.07. The van der Waals surface area contributed by atoms with Gasteiger partial charge in [0.25, 0.3) is 0 Å². The number of rotatable bonds is 2. The molecule has 0 spiro atoms. The molecular weight excluding hydrogens is 233 g/mol. The van der Waals surface area contributed by atoms with Crippen molar-refractivity contribution in [1.29, 1.82) is 0 Å². The predicted octanol–water partition coefficient (Wildman–Crippen LogP) is 2.74. The molecule has 1 aromatic heterocycles.